The van der Waals surface area contributed by atoms with Crippen molar-refractivity contribution in [1.82, 2.24) is 0 Å². The lowest BCUT2D eigenvalue weighted by Gasteiger charge is -2.10. The topological polar surface area (TPSA) is 72.8 Å². The molecule has 1 atom stereocenters. The molecule has 0 saturated heterocycles. The van der Waals surface area contributed by atoms with Crippen molar-refractivity contribution in [3.8, 4) is 5.75 Å². The number of carbonyl (C=O) groups is 2. The van der Waals surface area contributed by atoms with Gasteiger partial charge in [0, 0.05) is 11.1 Å². The van der Waals surface area contributed by atoms with E-state index in [1.54, 1.807) is 19.1 Å². The van der Waals surface area contributed by atoms with Crippen LogP contribution >= 0.6 is 23.2 Å². The first-order valence-electron chi connectivity index (χ1n) is 8.48. The van der Waals surface area contributed by atoms with Crippen LogP contribution in [0.5, 0.6) is 5.75 Å². The molecule has 2 aromatic carbocycles. The summed E-state index contributed by atoms with van der Waals surface area (Å²) in [6.07, 6.45) is 1.28. The molecule has 0 spiro atoms. The number of alkyl halides is 1. The highest BCUT2D eigenvalue weighted by Gasteiger charge is 2.16. The highest BCUT2D eigenvalue weighted by molar-refractivity contribution is 6.30. The second kappa shape index (κ2) is 12.8. The zero-order valence-electron chi connectivity index (χ0n) is 15.4. The fraction of sp³-hybridized carbons (Fsp3) is 0.238. The first-order valence-corrected chi connectivity index (χ1v) is 9.29. The fourth-order valence-electron chi connectivity index (χ4n) is 1.99. The molecular formula is C21H22Cl2O5. The van der Waals surface area contributed by atoms with E-state index in [0.29, 0.717) is 24.7 Å². The molecule has 2 aromatic rings. The van der Waals surface area contributed by atoms with Gasteiger partial charge >= 0.3 is 11.9 Å². The van der Waals surface area contributed by atoms with E-state index in [1.165, 1.54) is 0 Å². The zero-order chi connectivity index (χ0) is 20.9. The zero-order valence-corrected chi connectivity index (χ0v) is 16.9. The molecule has 0 saturated carbocycles. The average molecular weight is 425 g/mol. The van der Waals surface area contributed by atoms with Crippen LogP contribution in [0.4, 0.5) is 0 Å². The number of aliphatic carboxylic acids is 1. The van der Waals surface area contributed by atoms with Crippen LogP contribution in [0.1, 0.15) is 18.1 Å². The van der Waals surface area contributed by atoms with E-state index < -0.39 is 11.3 Å². The van der Waals surface area contributed by atoms with Crippen LogP contribution in [-0.4, -0.2) is 29.0 Å². The Kier molecular flexibility index (Phi) is 10.8. The van der Waals surface area contributed by atoms with Crippen molar-refractivity contribution in [2.45, 2.75) is 25.3 Å². The van der Waals surface area contributed by atoms with Crippen LogP contribution in [0.15, 0.2) is 61.2 Å². The molecule has 0 bridgehead atoms. The van der Waals surface area contributed by atoms with Gasteiger partial charge in [-0.1, -0.05) is 42.4 Å². The van der Waals surface area contributed by atoms with Crippen LogP contribution in [0.3, 0.4) is 0 Å². The lowest BCUT2D eigenvalue weighted by atomic mass is 10.1. The third-order valence-corrected chi connectivity index (χ3v) is 3.96. The summed E-state index contributed by atoms with van der Waals surface area (Å²) in [6, 6.07) is 15.0. The van der Waals surface area contributed by atoms with Crippen LogP contribution < -0.4 is 4.74 Å². The van der Waals surface area contributed by atoms with Crippen LogP contribution in [0, 0.1) is 0 Å². The number of hydrogen-bond donors (Lipinski definition) is 1. The van der Waals surface area contributed by atoms with Gasteiger partial charge in [0.2, 0.25) is 0 Å². The predicted molar refractivity (Wildman–Crippen MR) is 110 cm³/mol. The molecule has 1 unspecified atom stereocenters. The van der Waals surface area contributed by atoms with E-state index in [1.807, 2.05) is 36.4 Å². The average Bonchev–Trinajstić information content (AvgIpc) is 2.69. The number of benzene rings is 2. The fourth-order valence-corrected chi connectivity index (χ4v) is 2.36. The molecule has 0 aliphatic carbocycles. The van der Waals surface area contributed by atoms with Gasteiger partial charge < -0.3 is 14.6 Å². The van der Waals surface area contributed by atoms with Gasteiger partial charge in [0.1, 0.15) is 17.7 Å². The van der Waals surface area contributed by atoms with Crippen LogP contribution in [0.2, 0.25) is 5.02 Å². The summed E-state index contributed by atoms with van der Waals surface area (Å²) in [5.41, 5.74) is 2.01. The standard InChI is InChI=1S/C18H18Cl2O3.C3H4O2/c1-2-22-18(21)17(20)11-13-3-5-14(6-4-13)12-23-16-9-7-15(19)8-10-16;1-2-3(4)5/h3-10,17H,2,11-12H2,1H3;2H,1H2,(H,4,5). The first-order chi connectivity index (χ1) is 13.3. The van der Waals surface area contributed by atoms with E-state index in [0.717, 1.165) is 23.0 Å². The first kappa shape index (κ1) is 23.5. The third-order valence-electron chi connectivity index (χ3n) is 3.37. The molecule has 5 nitrogen and oxygen atoms in total. The number of carbonyl (C=O) groups excluding carboxylic acids is 1. The Bertz CT molecular complexity index is 757. The van der Waals surface area contributed by atoms with Crippen LogP contribution in [0.25, 0.3) is 0 Å². The van der Waals surface area contributed by atoms with Crippen molar-refractivity contribution in [2.75, 3.05) is 6.61 Å². The number of carboxylic acids is 1. The third kappa shape index (κ3) is 9.44. The smallest absolute Gasteiger partial charge is 0.327 e. The van der Waals surface area contributed by atoms with E-state index in [-0.39, 0.29) is 5.97 Å². The summed E-state index contributed by atoms with van der Waals surface area (Å²) in [6.45, 7) is 5.52. The normalized spacial score (nSPS) is 10.8. The van der Waals surface area contributed by atoms with Gasteiger partial charge in [-0.05, 0) is 48.7 Å². The van der Waals surface area contributed by atoms with Crippen molar-refractivity contribution in [3.05, 3.63) is 77.3 Å². The maximum Gasteiger partial charge on any atom is 0.327 e. The van der Waals surface area contributed by atoms with Gasteiger partial charge in [-0.3, -0.25) is 4.79 Å². The Balaban J connectivity index is 0.000000696. The molecule has 0 aliphatic heterocycles. The number of carboxylic acid groups (broad SMARTS) is 1. The van der Waals surface area contributed by atoms with E-state index in [4.69, 9.17) is 37.8 Å². The van der Waals surface area contributed by atoms with Gasteiger partial charge in [-0.25, -0.2) is 4.79 Å². The molecule has 28 heavy (non-hydrogen) atoms. The monoisotopic (exact) mass is 424 g/mol. The van der Waals surface area contributed by atoms with Gasteiger partial charge in [0.15, 0.2) is 0 Å². The predicted octanol–water partition coefficient (Wildman–Crippen LogP) is 4.89. The largest absolute Gasteiger partial charge is 0.489 e. The molecule has 7 heteroatoms. The molecule has 0 fully saturated rings. The molecular weight excluding hydrogens is 403 g/mol. The summed E-state index contributed by atoms with van der Waals surface area (Å²) in [4.78, 5) is 20.8. The minimum atomic E-state index is -0.981. The number of ether oxygens (including phenoxy) is 2. The van der Waals surface area contributed by atoms with Crippen molar-refractivity contribution >= 4 is 35.1 Å². The van der Waals surface area contributed by atoms with Gasteiger partial charge in [0.05, 0.1) is 6.61 Å². The summed E-state index contributed by atoms with van der Waals surface area (Å²) < 4.78 is 10.6. The molecule has 0 radical (unpaired) electrons. The second-order valence-corrected chi connectivity index (χ2v) is 6.49. The summed E-state index contributed by atoms with van der Waals surface area (Å²) in [5, 5.41) is 7.62. The lowest BCUT2D eigenvalue weighted by Crippen LogP contribution is -2.20. The minimum Gasteiger partial charge on any atom is -0.489 e. The van der Waals surface area contributed by atoms with Crippen molar-refractivity contribution in [3.63, 3.8) is 0 Å². The Morgan fingerprint density at radius 2 is 1.64 bits per heavy atom. The van der Waals surface area contributed by atoms with E-state index in [9.17, 15) is 9.59 Å². The molecule has 0 aliphatic rings. The summed E-state index contributed by atoms with van der Waals surface area (Å²) >= 11 is 11.9. The summed E-state index contributed by atoms with van der Waals surface area (Å²) in [7, 11) is 0. The van der Waals surface area contributed by atoms with Gasteiger partial charge in [-0.15, -0.1) is 11.6 Å². The van der Waals surface area contributed by atoms with Crippen molar-refractivity contribution in [1.29, 1.82) is 0 Å². The van der Waals surface area contributed by atoms with Gasteiger partial charge in [-0.2, -0.15) is 0 Å². The van der Waals surface area contributed by atoms with E-state index in [2.05, 4.69) is 6.58 Å². The van der Waals surface area contributed by atoms with Gasteiger partial charge in [0.25, 0.3) is 0 Å². The molecule has 0 aromatic heterocycles. The highest BCUT2D eigenvalue weighted by Crippen LogP contribution is 2.17. The number of esters is 1. The number of rotatable bonds is 8. The second-order valence-electron chi connectivity index (χ2n) is 5.53. The van der Waals surface area contributed by atoms with E-state index >= 15 is 0 Å². The molecule has 2 rings (SSSR count). The maximum absolute atomic E-state index is 11.5. The Morgan fingerprint density at radius 1 is 1.11 bits per heavy atom. The quantitative estimate of drug-likeness (QED) is 0.371. The highest BCUT2D eigenvalue weighted by atomic mass is 35.5. The van der Waals surface area contributed by atoms with Crippen molar-refractivity contribution in [2.24, 2.45) is 0 Å². The molecule has 150 valence electrons. The summed E-state index contributed by atoms with van der Waals surface area (Å²) in [5.74, 6) is -0.601. The lowest BCUT2D eigenvalue weighted by molar-refractivity contribution is -0.142. The number of halogens is 2. The molecule has 0 amide bonds. The SMILES string of the molecule is C=CC(=O)O.CCOC(=O)C(Cl)Cc1ccc(COc2ccc(Cl)cc2)cc1. The van der Waals surface area contributed by atoms with Crippen LogP contribution in [-0.2, 0) is 27.4 Å². The molecule has 1 N–H and O–H groups in total. The molecule has 0 heterocycles. The number of hydrogen-bond acceptors (Lipinski definition) is 4. The maximum atomic E-state index is 11.5. The Labute approximate surface area is 174 Å². The Morgan fingerprint density at radius 3 is 2.14 bits per heavy atom. The Hall–Kier alpha value is -2.50. The minimum absolute atomic E-state index is 0.336. The van der Waals surface area contributed by atoms with Crippen molar-refractivity contribution < 1.29 is 24.2 Å².